The van der Waals surface area contributed by atoms with Crippen LogP contribution >= 0.6 is 11.3 Å². The fourth-order valence-corrected chi connectivity index (χ4v) is 5.81. The number of halogens is 2. The third kappa shape index (κ3) is 5.70. The number of ether oxygens (including phenoxy) is 1. The average Bonchev–Trinajstić information content (AvgIpc) is 3.69. The summed E-state index contributed by atoms with van der Waals surface area (Å²) in [4.78, 5) is 56.2. The molecule has 15 heteroatoms. The third-order valence-electron chi connectivity index (χ3n) is 6.94. The molecule has 0 unspecified atom stereocenters. The van der Waals surface area contributed by atoms with Gasteiger partial charge in [0.05, 0.1) is 16.8 Å². The van der Waals surface area contributed by atoms with Crippen LogP contribution < -0.4 is 10.1 Å². The molecule has 12 nitrogen and oxygen atoms in total. The third-order valence-corrected chi connectivity index (χ3v) is 8.14. The number of amides is 2. The fraction of sp³-hybridized carbons (Fsp3) is 0.250. The van der Waals surface area contributed by atoms with Crippen molar-refractivity contribution in [3.63, 3.8) is 0 Å². The zero-order chi connectivity index (χ0) is 30.2. The molecule has 1 fully saturated rings. The van der Waals surface area contributed by atoms with Crippen LogP contribution in [0, 0.1) is 0 Å². The molecular weight excluding hydrogens is 584 g/mol. The SMILES string of the molecule is CC(=O)c1cc2cc(OC(F)F)c(-c3nn(CC(=O)N4CCC(=O)CC4)cc3NC(=O)c3cnn4cccnc34)cc2s1. The number of nitrogens with one attached hydrogen (secondary N) is 1. The van der Waals surface area contributed by atoms with Crippen molar-refractivity contribution in [2.24, 2.45) is 0 Å². The Morgan fingerprint density at radius 1 is 1.16 bits per heavy atom. The molecular formula is C28H23F2N7O5S. The van der Waals surface area contributed by atoms with E-state index in [1.165, 1.54) is 52.1 Å². The average molecular weight is 608 g/mol. The van der Waals surface area contributed by atoms with Crippen LogP contribution in [0.5, 0.6) is 5.75 Å². The van der Waals surface area contributed by atoms with Gasteiger partial charge in [-0.1, -0.05) is 0 Å². The first-order chi connectivity index (χ1) is 20.7. The molecule has 0 saturated carbocycles. The number of nitrogens with zero attached hydrogens (tertiary/aromatic N) is 6. The van der Waals surface area contributed by atoms with E-state index in [0.717, 1.165) is 0 Å². The highest BCUT2D eigenvalue weighted by Crippen LogP contribution is 2.40. The number of carbonyl (C=O) groups excluding carboxylic acids is 4. The highest BCUT2D eigenvalue weighted by Gasteiger charge is 2.25. The standard InChI is InChI=1S/C28H23F2N7O5S/c1-15(38)22-10-16-9-21(42-28(29)30)18(11-23(16)43-22)25-20(33-27(41)19-12-32-37-6-2-5-31-26(19)37)13-36(34-25)14-24(40)35-7-3-17(39)4-8-35/h2,5-6,9-13,28H,3-4,7-8,14H2,1H3,(H,33,41). The number of likely N-dealkylation sites (tertiary alicyclic amines) is 1. The monoisotopic (exact) mass is 607 g/mol. The number of piperidine rings is 1. The summed E-state index contributed by atoms with van der Waals surface area (Å²) in [6, 6.07) is 6.19. The lowest BCUT2D eigenvalue weighted by Gasteiger charge is -2.25. The quantitative estimate of drug-likeness (QED) is 0.261. The van der Waals surface area contributed by atoms with E-state index < -0.39 is 12.5 Å². The molecule has 5 aromatic rings. The minimum Gasteiger partial charge on any atom is -0.434 e. The highest BCUT2D eigenvalue weighted by molar-refractivity contribution is 7.20. The number of thiophene rings is 1. The van der Waals surface area contributed by atoms with E-state index in [2.05, 4.69) is 20.5 Å². The van der Waals surface area contributed by atoms with E-state index in [1.807, 2.05) is 0 Å². The number of fused-ring (bicyclic) bond motifs is 2. The van der Waals surface area contributed by atoms with Gasteiger partial charge in [0, 0.05) is 54.8 Å². The van der Waals surface area contributed by atoms with Gasteiger partial charge in [0.2, 0.25) is 5.91 Å². The highest BCUT2D eigenvalue weighted by atomic mass is 32.1. The maximum Gasteiger partial charge on any atom is 0.387 e. The Morgan fingerprint density at radius 3 is 2.70 bits per heavy atom. The van der Waals surface area contributed by atoms with E-state index in [-0.39, 0.29) is 78.2 Å². The van der Waals surface area contributed by atoms with Crippen LogP contribution in [0.2, 0.25) is 0 Å². The van der Waals surface area contributed by atoms with E-state index in [4.69, 9.17) is 4.74 Å². The van der Waals surface area contributed by atoms with E-state index in [9.17, 15) is 28.0 Å². The Morgan fingerprint density at radius 2 is 1.95 bits per heavy atom. The molecule has 0 radical (unpaired) electrons. The number of ketones is 2. The number of alkyl halides is 2. The number of hydrogen-bond donors (Lipinski definition) is 1. The van der Waals surface area contributed by atoms with Gasteiger partial charge in [-0.2, -0.15) is 19.0 Å². The number of aromatic nitrogens is 5. The molecule has 2 amide bonds. The predicted octanol–water partition coefficient (Wildman–Crippen LogP) is 4.06. The first-order valence-electron chi connectivity index (χ1n) is 13.2. The number of Topliss-reactive ketones (excluding diaryl/α,β-unsaturated/α-hetero) is 2. The number of rotatable bonds is 8. The molecule has 0 aliphatic carbocycles. The number of hydrogen-bond acceptors (Lipinski definition) is 9. The van der Waals surface area contributed by atoms with Crippen molar-refractivity contribution in [2.75, 3.05) is 18.4 Å². The molecule has 43 heavy (non-hydrogen) atoms. The molecule has 0 bridgehead atoms. The van der Waals surface area contributed by atoms with Gasteiger partial charge in [-0.15, -0.1) is 11.3 Å². The lowest BCUT2D eigenvalue weighted by molar-refractivity contribution is -0.135. The summed E-state index contributed by atoms with van der Waals surface area (Å²) < 4.78 is 35.3. The summed E-state index contributed by atoms with van der Waals surface area (Å²) in [5, 5.41) is 11.9. The Balaban J connectivity index is 1.42. The Bertz CT molecular complexity index is 1900. The van der Waals surface area contributed by atoms with Gasteiger partial charge in [0.1, 0.15) is 29.3 Å². The molecule has 1 saturated heterocycles. The Hall–Kier alpha value is -5.05. The van der Waals surface area contributed by atoms with Gasteiger partial charge < -0.3 is 15.0 Å². The molecule has 1 aliphatic rings. The van der Waals surface area contributed by atoms with Gasteiger partial charge in [-0.05, 0) is 36.6 Å². The molecule has 220 valence electrons. The van der Waals surface area contributed by atoms with Crippen molar-refractivity contribution >= 4 is 56.1 Å². The minimum atomic E-state index is -3.17. The molecule has 1 N–H and O–H groups in total. The molecule has 0 atom stereocenters. The number of benzene rings is 1. The summed E-state index contributed by atoms with van der Waals surface area (Å²) in [7, 11) is 0. The van der Waals surface area contributed by atoms with Gasteiger partial charge >= 0.3 is 6.61 Å². The van der Waals surface area contributed by atoms with Crippen LogP contribution in [0.15, 0.2) is 49.1 Å². The van der Waals surface area contributed by atoms with Crippen molar-refractivity contribution in [1.82, 2.24) is 29.3 Å². The van der Waals surface area contributed by atoms with E-state index in [0.29, 0.717) is 20.6 Å². The summed E-state index contributed by atoms with van der Waals surface area (Å²) in [5.74, 6) is -1.22. The van der Waals surface area contributed by atoms with Crippen LogP contribution in [-0.2, 0) is 16.1 Å². The first-order valence-corrected chi connectivity index (χ1v) is 14.0. The summed E-state index contributed by atoms with van der Waals surface area (Å²) in [6.07, 6.45) is 6.43. The second-order valence-electron chi connectivity index (χ2n) is 9.84. The predicted molar refractivity (Wildman–Crippen MR) is 151 cm³/mol. The van der Waals surface area contributed by atoms with Crippen molar-refractivity contribution in [2.45, 2.75) is 32.9 Å². The largest absolute Gasteiger partial charge is 0.434 e. The van der Waals surface area contributed by atoms with Crippen molar-refractivity contribution in [1.29, 1.82) is 0 Å². The maximum atomic E-state index is 13.5. The zero-order valence-corrected chi connectivity index (χ0v) is 23.4. The van der Waals surface area contributed by atoms with Gasteiger partial charge in [0.25, 0.3) is 5.91 Å². The smallest absolute Gasteiger partial charge is 0.387 e. The Kier molecular flexibility index (Phi) is 7.39. The van der Waals surface area contributed by atoms with Crippen LogP contribution in [0.25, 0.3) is 27.0 Å². The second-order valence-corrected chi connectivity index (χ2v) is 10.9. The molecule has 5 heterocycles. The van der Waals surface area contributed by atoms with Crippen LogP contribution in [-0.4, -0.2) is 72.4 Å². The van der Waals surface area contributed by atoms with Gasteiger partial charge in [0.15, 0.2) is 11.4 Å². The zero-order valence-electron chi connectivity index (χ0n) is 22.6. The summed E-state index contributed by atoms with van der Waals surface area (Å²) in [6.45, 7) is -1.41. The summed E-state index contributed by atoms with van der Waals surface area (Å²) >= 11 is 1.18. The number of anilines is 1. The summed E-state index contributed by atoms with van der Waals surface area (Å²) in [5.41, 5.74) is 0.741. The van der Waals surface area contributed by atoms with E-state index in [1.54, 1.807) is 29.3 Å². The second kappa shape index (κ2) is 11.3. The normalized spacial score (nSPS) is 13.7. The first kappa shape index (κ1) is 28.1. The maximum absolute atomic E-state index is 13.5. The van der Waals surface area contributed by atoms with E-state index >= 15 is 0 Å². The van der Waals surface area contributed by atoms with Crippen molar-refractivity contribution in [3.05, 3.63) is 59.5 Å². The van der Waals surface area contributed by atoms with Gasteiger partial charge in [-0.25, -0.2) is 9.50 Å². The molecule has 6 rings (SSSR count). The fourth-order valence-electron chi connectivity index (χ4n) is 4.83. The van der Waals surface area contributed by atoms with Crippen molar-refractivity contribution < 1.29 is 32.7 Å². The lowest BCUT2D eigenvalue weighted by atomic mass is 10.1. The molecule has 1 aromatic carbocycles. The Labute approximate surface area is 245 Å². The van der Waals surface area contributed by atoms with Crippen LogP contribution in [0.1, 0.15) is 39.8 Å². The number of carbonyl (C=O) groups is 4. The van der Waals surface area contributed by atoms with Crippen LogP contribution in [0.4, 0.5) is 14.5 Å². The van der Waals surface area contributed by atoms with Gasteiger partial charge in [-0.3, -0.25) is 23.9 Å². The molecule has 0 spiro atoms. The lowest BCUT2D eigenvalue weighted by Crippen LogP contribution is -2.40. The minimum absolute atomic E-state index is 0.0646. The van der Waals surface area contributed by atoms with Crippen molar-refractivity contribution in [3.8, 4) is 17.0 Å². The van der Waals surface area contributed by atoms with Crippen LogP contribution in [0.3, 0.4) is 0 Å². The topological polar surface area (TPSA) is 141 Å². The molecule has 1 aliphatic heterocycles. The molecule has 4 aromatic heterocycles.